The van der Waals surface area contributed by atoms with Crippen molar-refractivity contribution in [3.8, 4) is 0 Å². The molecule has 0 aliphatic heterocycles. The molecule has 1 aromatic heterocycles. The lowest BCUT2D eigenvalue weighted by atomic mass is 10.4. The van der Waals surface area contributed by atoms with E-state index < -0.39 is 0 Å². The van der Waals surface area contributed by atoms with Crippen LogP contribution in [-0.2, 0) is 6.54 Å². The number of nitrogens with one attached hydrogen (secondary N) is 2. The molecule has 2 amide bonds. The van der Waals surface area contributed by atoms with Crippen LogP contribution in [0.15, 0.2) is 17.5 Å². The predicted molar refractivity (Wildman–Crippen MR) is 63.1 cm³/mol. The van der Waals surface area contributed by atoms with Crippen LogP contribution < -0.4 is 10.6 Å². The van der Waals surface area contributed by atoms with Crippen LogP contribution in [0.4, 0.5) is 4.79 Å². The molecule has 15 heavy (non-hydrogen) atoms. The number of urea groups is 1. The highest BCUT2D eigenvalue weighted by Crippen LogP contribution is 2.06. The lowest BCUT2D eigenvalue weighted by molar-refractivity contribution is 0.217. The normalized spacial score (nSPS) is 10.0. The molecule has 0 atom stereocenters. The average molecular weight is 227 g/mol. The fourth-order valence-electron chi connectivity index (χ4n) is 1.04. The van der Waals surface area contributed by atoms with E-state index in [4.69, 9.17) is 0 Å². The van der Waals surface area contributed by atoms with Gasteiger partial charge in [0.2, 0.25) is 0 Å². The molecule has 2 N–H and O–H groups in total. The van der Waals surface area contributed by atoms with E-state index in [0.717, 1.165) is 13.1 Å². The third-order valence-electron chi connectivity index (χ3n) is 1.86. The van der Waals surface area contributed by atoms with Gasteiger partial charge in [-0.3, -0.25) is 0 Å². The van der Waals surface area contributed by atoms with E-state index in [1.807, 2.05) is 6.07 Å². The molecule has 0 aliphatic rings. The lowest BCUT2D eigenvalue weighted by Crippen LogP contribution is -2.38. The Labute approximate surface area is 94.3 Å². The van der Waals surface area contributed by atoms with Crippen molar-refractivity contribution < 1.29 is 4.79 Å². The van der Waals surface area contributed by atoms with Gasteiger partial charge < -0.3 is 15.5 Å². The molecular formula is C10H17N3OS. The summed E-state index contributed by atoms with van der Waals surface area (Å²) in [6, 6.07) is 4.08. The third-order valence-corrected chi connectivity index (χ3v) is 2.74. The molecule has 5 heteroatoms. The van der Waals surface area contributed by atoms with Gasteiger partial charge in [0.1, 0.15) is 0 Å². The average Bonchev–Trinajstić information content (AvgIpc) is 2.69. The zero-order chi connectivity index (χ0) is 11.1. The minimum atomic E-state index is -0.0482. The largest absolute Gasteiger partial charge is 0.337 e. The van der Waals surface area contributed by atoms with E-state index >= 15 is 0 Å². The van der Waals surface area contributed by atoms with Crippen LogP contribution >= 0.6 is 11.3 Å². The number of nitrogens with zero attached hydrogens (tertiary/aromatic N) is 1. The van der Waals surface area contributed by atoms with Crippen LogP contribution in [0.3, 0.4) is 0 Å². The standard InChI is InChI=1S/C10H17N3OS/c1-13(2)10(14)12-6-5-11-8-9-4-3-7-15-9/h3-4,7,11H,5-6,8H2,1-2H3,(H,12,14). The first-order chi connectivity index (χ1) is 7.20. The Balaban J connectivity index is 2.00. The molecule has 0 unspecified atom stereocenters. The van der Waals surface area contributed by atoms with E-state index in [1.54, 1.807) is 25.4 Å². The lowest BCUT2D eigenvalue weighted by Gasteiger charge is -2.11. The molecule has 1 aromatic rings. The summed E-state index contributed by atoms with van der Waals surface area (Å²) < 4.78 is 0. The van der Waals surface area contributed by atoms with Gasteiger partial charge in [-0.05, 0) is 11.4 Å². The van der Waals surface area contributed by atoms with Gasteiger partial charge >= 0.3 is 6.03 Å². The van der Waals surface area contributed by atoms with Gasteiger partial charge in [0.05, 0.1) is 0 Å². The fraction of sp³-hybridized carbons (Fsp3) is 0.500. The van der Waals surface area contributed by atoms with E-state index in [1.165, 1.54) is 9.78 Å². The van der Waals surface area contributed by atoms with Crippen LogP contribution in [0, 0.1) is 0 Å². The maximum absolute atomic E-state index is 11.1. The second kappa shape index (κ2) is 6.42. The summed E-state index contributed by atoms with van der Waals surface area (Å²) in [6.07, 6.45) is 0. The van der Waals surface area contributed by atoms with E-state index in [9.17, 15) is 4.79 Å². The van der Waals surface area contributed by atoms with Gasteiger partial charge in [-0.15, -0.1) is 11.3 Å². The highest BCUT2D eigenvalue weighted by molar-refractivity contribution is 7.09. The van der Waals surface area contributed by atoms with Crippen molar-refractivity contribution in [2.24, 2.45) is 0 Å². The first-order valence-corrected chi connectivity index (χ1v) is 5.76. The zero-order valence-corrected chi connectivity index (χ0v) is 9.93. The summed E-state index contributed by atoms with van der Waals surface area (Å²) in [6.45, 7) is 2.31. The Morgan fingerprint density at radius 1 is 1.47 bits per heavy atom. The minimum absolute atomic E-state index is 0.0482. The van der Waals surface area contributed by atoms with Crippen molar-refractivity contribution in [2.75, 3.05) is 27.2 Å². The SMILES string of the molecule is CN(C)C(=O)NCCNCc1cccs1. The van der Waals surface area contributed by atoms with E-state index in [2.05, 4.69) is 22.1 Å². The molecule has 0 spiro atoms. The Kier molecular flexibility index (Phi) is 5.14. The molecular weight excluding hydrogens is 210 g/mol. The molecule has 0 fully saturated rings. The van der Waals surface area contributed by atoms with Crippen LogP contribution in [0.5, 0.6) is 0 Å². The van der Waals surface area contributed by atoms with E-state index in [-0.39, 0.29) is 6.03 Å². The topological polar surface area (TPSA) is 44.4 Å². The van der Waals surface area contributed by atoms with Gasteiger partial charge in [-0.25, -0.2) is 4.79 Å². The predicted octanol–water partition coefficient (Wildman–Crippen LogP) is 1.11. The van der Waals surface area contributed by atoms with Crippen LogP contribution in [-0.4, -0.2) is 38.1 Å². The van der Waals surface area contributed by atoms with Gasteiger partial charge in [-0.2, -0.15) is 0 Å². The first kappa shape index (κ1) is 12.0. The summed E-state index contributed by atoms with van der Waals surface area (Å²) in [5.41, 5.74) is 0. The molecule has 0 saturated carbocycles. The zero-order valence-electron chi connectivity index (χ0n) is 9.12. The summed E-state index contributed by atoms with van der Waals surface area (Å²) in [4.78, 5) is 14.0. The van der Waals surface area contributed by atoms with Crippen molar-refractivity contribution in [3.63, 3.8) is 0 Å². The summed E-state index contributed by atoms with van der Waals surface area (Å²) in [5, 5.41) is 8.11. The van der Waals surface area contributed by atoms with Crippen LogP contribution in [0.1, 0.15) is 4.88 Å². The maximum Gasteiger partial charge on any atom is 0.316 e. The summed E-state index contributed by atoms with van der Waals surface area (Å²) >= 11 is 1.73. The monoisotopic (exact) mass is 227 g/mol. The van der Waals surface area contributed by atoms with Crippen LogP contribution in [0.25, 0.3) is 0 Å². The Morgan fingerprint density at radius 3 is 2.87 bits per heavy atom. The number of carbonyl (C=O) groups excluding carboxylic acids is 1. The molecule has 1 heterocycles. The maximum atomic E-state index is 11.1. The van der Waals surface area contributed by atoms with Gasteiger partial charge in [0.15, 0.2) is 0 Å². The Hall–Kier alpha value is -1.07. The van der Waals surface area contributed by atoms with Crippen molar-refractivity contribution >= 4 is 17.4 Å². The van der Waals surface area contributed by atoms with Gasteiger partial charge in [-0.1, -0.05) is 6.07 Å². The number of hydrogen-bond donors (Lipinski definition) is 2. The number of amides is 2. The van der Waals surface area contributed by atoms with Gasteiger partial charge in [0, 0.05) is 38.6 Å². The minimum Gasteiger partial charge on any atom is -0.337 e. The van der Waals surface area contributed by atoms with Crippen LogP contribution in [0.2, 0.25) is 0 Å². The number of rotatable bonds is 5. The summed E-state index contributed by atoms with van der Waals surface area (Å²) in [7, 11) is 3.46. The van der Waals surface area contributed by atoms with Crippen molar-refractivity contribution in [1.29, 1.82) is 0 Å². The molecule has 1 rings (SSSR count). The summed E-state index contributed by atoms with van der Waals surface area (Å²) in [5.74, 6) is 0. The molecule has 0 radical (unpaired) electrons. The molecule has 0 aliphatic carbocycles. The second-order valence-corrected chi connectivity index (χ2v) is 4.41. The molecule has 0 bridgehead atoms. The molecule has 0 saturated heterocycles. The highest BCUT2D eigenvalue weighted by Gasteiger charge is 2.00. The van der Waals surface area contributed by atoms with Crippen molar-refractivity contribution in [3.05, 3.63) is 22.4 Å². The fourth-order valence-corrected chi connectivity index (χ4v) is 1.72. The Morgan fingerprint density at radius 2 is 2.27 bits per heavy atom. The smallest absolute Gasteiger partial charge is 0.316 e. The quantitative estimate of drug-likeness (QED) is 0.740. The first-order valence-electron chi connectivity index (χ1n) is 4.88. The molecule has 0 aromatic carbocycles. The number of carbonyl (C=O) groups is 1. The number of thiophene rings is 1. The van der Waals surface area contributed by atoms with Gasteiger partial charge in [0.25, 0.3) is 0 Å². The second-order valence-electron chi connectivity index (χ2n) is 3.38. The Bertz CT molecular complexity index is 285. The molecule has 4 nitrogen and oxygen atoms in total. The third kappa shape index (κ3) is 4.80. The highest BCUT2D eigenvalue weighted by atomic mass is 32.1. The van der Waals surface area contributed by atoms with E-state index in [0.29, 0.717) is 6.54 Å². The van der Waals surface area contributed by atoms with Crippen molar-refractivity contribution in [1.82, 2.24) is 15.5 Å². The van der Waals surface area contributed by atoms with Crippen molar-refractivity contribution in [2.45, 2.75) is 6.54 Å². The molecule has 84 valence electrons. The number of hydrogen-bond acceptors (Lipinski definition) is 3.